The molecule has 2 atom stereocenters. The summed E-state index contributed by atoms with van der Waals surface area (Å²) in [6.45, 7) is 3.71. The minimum Gasteiger partial charge on any atom is -0.466 e. The van der Waals surface area contributed by atoms with Gasteiger partial charge in [0.05, 0.1) is 30.2 Å². The van der Waals surface area contributed by atoms with Crippen LogP contribution in [0.25, 0.3) is 27.9 Å². The average molecular weight is 633 g/mol. The smallest absolute Gasteiger partial charge is 0.311 e. The molecule has 0 amide bonds. The van der Waals surface area contributed by atoms with Crippen LogP contribution in [-0.4, -0.2) is 55.7 Å². The van der Waals surface area contributed by atoms with Crippen LogP contribution in [0.4, 0.5) is 10.2 Å². The number of fused-ring (bicyclic) bond motifs is 5. The number of pyridine rings is 1. The van der Waals surface area contributed by atoms with E-state index < -0.39 is 15.8 Å². The number of carbonyl (C=O) groups is 1. The van der Waals surface area contributed by atoms with Gasteiger partial charge in [-0.2, -0.15) is 0 Å². The predicted octanol–water partition coefficient (Wildman–Crippen LogP) is 4.70. The molecule has 0 unspecified atom stereocenters. The Hall–Kier alpha value is -4.36. The van der Waals surface area contributed by atoms with Gasteiger partial charge in [-0.3, -0.25) is 4.79 Å². The number of anilines is 1. The number of nitrogens with one attached hydrogen (secondary N) is 1. The third-order valence-corrected chi connectivity index (χ3v) is 10.8. The highest BCUT2D eigenvalue weighted by Crippen LogP contribution is 2.47. The number of rotatable bonds is 8. The zero-order valence-corrected chi connectivity index (χ0v) is 25.7. The molecule has 0 spiro atoms. The van der Waals surface area contributed by atoms with Crippen molar-refractivity contribution < 1.29 is 27.4 Å². The highest BCUT2D eigenvalue weighted by atomic mass is 32.2. The molecule has 45 heavy (non-hydrogen) atoms. The van der Waals surface area contributed by atoms with Crippen molar-refractivity contribution in [2.24, 2.45) is 17.8 Å². The van der Waals surface area contributed by atoms with Crippen LogP contribution in [0.1, 0.15) is 43.7 Å². The van der Waals surface area contributed by atoms with Gasteiger partial charge in [-0.1, -0.05) is 17.7 Å². The molecule has 2 bridgehead atoms. The number of carbonyl (C=O) groups excluding carboxylic acids is 1. The summed E-state index contributed by atoms with van der Waals surface area (Å²) in [5, 5.41) is 18.4. The first-order valence-corrected chi connectivity index (χ1v) is 16.5. The number of aliphatic hydroxyl groups excluding tert-OH is 1. The lowest BCUT2D eigenvalue weighted by molar-refractivity contribution is -0.154. The first-order chi connectivity index (χ1) is 21.7. The molecule has 0 radical (unpaired) electrons. The summed E-state index contributed by atoms with van der Waals surface area (Å²) in [5.41, 5.74) is 2.35. The van der Waals surface area contributed by atoms with Crippen molar-refractivity contribution in [3.05, 3.63) is 71.9 Å². The maximum absolute atomic E-state index is 14.6. The molecule has 0 aliphatic heterocycles. The molecule has 4 aromatic heterocycles. The standard InChI is InChI=1S/C32H33FN6O5S/c1-3-44-32(41)27-20-6-8-21(9-7-20)28(27)35-30-26-12-19(17-40)15-38(26)37-29(36-30)25-16-39(31-24(25)13-22(33)14-34-31)45(42,43)23-10-4-18(2)5-11-23/h4-5,10-16,20-21,27-28,40H,3,6-9,17H2,1-2H3,(H,35,36,37)/t20?,21?,27-,28-/m1/s1. The number of nitrogens with zero attached hydrogens (tertiary/aromatic N) is 5. The fourth-order valence-electron chi connectivity index (χ4n) is 6.99. The SMILES string of the molecule is CCOC(=O)[C@@H]1C2CCC(CC2)[C@H]1Nc1nc(-c2cn(S(=O)(=O)c3ccc(C)cc3)c3ncc(F)cc23)nn2cc(CO)cc12. The molecule has 3 saturated carbocycles. The number of ether oxygens (including phenoxy) is 1. The second-order valence-corrected chi connectivity index (χ2v) is 13.7. The Morgan fingerprint density at radius 2 is 1.84 bits per heavy atom. The summed E-state index contributed by atoms with van der Waals surface area (Å²) in [6, 6.07) is 9.17. The normalized spacial score (nSPS) is 21.4. The number of aryl methyl sites for hydroxylation is 1. The van der Waals surface area contributed by atoms with E-state index in [0.717, 1.165) is 41.4 Å². The molecule has 234 valence electrons. The second-order valence-electron chi connectivity index (χ2n) is 11.9. The molecule has 1 aromatic carbocycles. The van der Waals surface area contributed by atoms with E-state index in [-0.39, 0.29) is 63.7 Å². The fraction of sp³-hybridized carbons (Fsp3) is 0.375. The van der Waals surface area contributed by atoms with Gasteiger partial charge in [-0.15, -0.1) is 5.10 Å². The molecular formula is C32H33FN6O5S. The summed E-state index contributed by atoms with van der Waals surface area (Å²) in [6.07, 6.45) is 7.86. The lowest BCUT2D eigenvalue weighted by Crippen LogP contribution is -2.52. The number of hydrogen-bond acceptors (Lipinski definition) is 9. The van der Waals surface area contributed by atoms with Gasteiger partial charge in [0.15, 0.2) is 17.3 Å². The van der Waals surface area contributed by atoms with Gasteiger partial charge in [-0.05, 0) is 81.2 Å². The molecular weight excluding hydrogens is 599 g/mol. The number of esters is 1. The van der Waals surface area contributed by atoms with Crippen LogP contribution >= 0.6 is 0 Å². The molecule has 11 nitrogen and oxygen atoms in total. The number of benzene rings is 1. The zero-order chi connectivity index (χ0) is 31.5. The van der Waals surface area contributed by atoms with Gasteiger partial charge in [0.25, 0.3) is 10.0 Å². The third kappa shape index (κ3) is 5.03. The van der Waals surface area contributed by atoms with Crippen LogP contribution < -0.4 is 5.32 Å². The van der Waals surface area contributed by atoms with E-state index in [0.29, 0.717) is 23.5 Å². The zero-order valence-electron chi connectivity index (χ0n) is 24.9. The van der Waals surface area contributed by atoms with Crippen molar-refractivity contribution in [2.45, 2.75) is 57.1 Å². The number of halogens is 1. The van der Waals surface area contributed by atoms with E-state index in [1.807, 2.05) is 6.92 Å². The maximum Gasteiger partial charge on any atom is 0.311 e. The Balaban J connectivity index is 1.39. The van der Waals surface area contributed by atoms with Gasteiger partial charge in [0.1, 0.15) is 11.3 Å². The molecule has 3 fully saturated rings. The van der Waals surface area contributed by atoms with Gasteiger partial charge >= 0.3 is 5.97 Å². The van der Waals surface area contributed by atoms with Gasteiger partial charge < -0.3 is 15.2 Å². The summed E-state index contributed by atoms with van der Waals surface area (Å²) >= 11 is 0. The molecule has 0 saturated heterocycles. The lowest BCUT2D eigenvalue weighted by atomic mass is 9.61. The molecule has 5 aromatic rings. The van der Waals surface area contributed by atoms with Crippen LogP contribution in [-0.2, 0) is 26.2 Å². The molecule has 4 heterocycles. The van der Waals surface area contributed by atoms with E-state index in [9.17, 15) is 22.7 Å². The number of aromatic nitrogens is 5. The maximum atomic E-state index is 14.6. The average Bonchev–Trinajstić information content (AvgIpc) is 3.64. The van der Waals surface area contributed by atoms with Crippen LogP contribution in [0.2, 0.25) is 0 Å². The first-order valence-electron chi connectivity index (χ1n) is 15.1. The Morgan fingerprint density at radius 1 is 1.11 bits per heavy atom. The van der Waals surface area contributed by atoms with Crippen molar-refractivity contribution >= 4 is 38.4 Å². The largest absolute Gasteiger partial charge is 0.466 e. The molecule has 3 aliphatic carbocycles. The topological polar surface area (TPSA) is 141 Å². The molecule has 3 aliphatic rings. The summed E-state index contributed by atoms with van der Waals surface area (Å²) in [7, 11) is -4.12. The molecule has 2 N–H and O–H groups in total. The Bertz CT molecular complexity index is 2030. The minimum atomic E-state index is -4.12. The second kappa shape index (κ2) is 11.2. The Morgan fingerprint density at radius 3 is 2.56 bits per heavy atom. The fourth-order valence-corrected chi connectivity index (χ4v) is 8.32. The monoisotopic (exact) mass is 632 g/mol. The van der Waals surface area contributed by atoms with Gasteiger partial charge in [0.2, 0.25) is 0 Å². The van der Waals surface area contributed by atoms with E-state index in [1.165, 1.54) is 24.4 Å². The van der Waals surface area contributed by atoms with Crippen LogP contribution in [0.3, 0.4) is 0 Å². The van der Waals surface area contributed by atoms with Gasteiger partial charge in [0, 0.05) is 29.4 Å². The van der Waals surface area contributed by atoms with E-state index in [1.54, 1.807) is 35.8 Å². The van der Waals surface area contributed by atoms with Crippen molar-refractivity contribution in [1.29, 1.82) is 0 Å². The minimum absolute atomic E-state index is 0.0284. The van der Waals surface area contributed by atoms with Crippen molar-refractivity contribution in [1.82, 2.24) is 23.6 Å². The Kier molecular flexibility index (Phi) is 7.32. The van der Waals surface area contributed by atoms with E-state index in [4.69, 9.17) is 9.72 Å². The van der Waals surface area contributed by atoms with Crippen molar-refractivity contribution in [3.8, 4) is 11.4 Å². The first kappa shape index (κ1) is 29.4. The predicted molar refractivity (Wildman–Crippen MR) is 164 cm³/mol. The summed E-state index contributed by atoms with van der Waals surface area (Å²) in [5.74, 6) is -0.257. The number of hydrogen-bond donors (Lipinski definition) is 2. The third-order valence-electron chi connectivity index (χ3n) is 9.18. The highest BCUT2D eigenvalue weighted by molar-refractivity contribution is 7.90. The van der Waals surface area contributed by atoms with Crippen LogP contribution in [0, 0.1) is 30.5 Å². The molecule has 8 rings (SSSR count). The Labute approximate surface area is 259 Å². The van der Waals surface area contributed by atoms with Gasteiger partial charge in [-0.25, -0.2) is 31.3 Å². The van der Waals surface area contributed by atoms with Crippen LogP contribution in [0.5, 0.6) is 0 Å². The van der Waals surface area contributed by atoms with Crippen LogP contribution in [0.15, 0.2) is 59.9 Å². The number of aliphatic hydroxyl groups is 1. The van der Waals surface area contributed by atoms with Crippen molar-refractivity contribution in [3.63, 3.8) is 0 Å². The van der Waals surface area contributed by atoms with Crippen molar-refractivity contribution in [2.75, 3.05) is 11.9 Å². The lowest BCUT2D eigenvalue weighted by Gasteiger charge is -2.47. The summed E-state index contributed by atoms with van der Waals surface area (Å²) < 4.78 is 50.3. The quantitative estimate of drug-likeness (QED) is 0.233. The van der Waals surface area contributed by atoms with E-state index >= 15 is 0 Å². The van der Waals surface area contributed by atoms with E-state index in [2.05, 4.69) is 15.4 Å². The molecule has 13 heteroatoms. The summed E-state index contributed by atoms with van der Waals surface area (Å²) in [4.78, 5) is 22.2. The highest BCUT2D eigenvalue weighted by Gasteiger charge is 2.48.